The number of aliphatic carboxylic acids is 1. The number of halogens is 2. The van der Waals surface area contributed by atoms with Gasteiger partial charge < -0.3 is 10.2 Å². The molecule has 0 aliphatic heterocycles. The summed E-state index contributed by atoms with van der Waals surface area (Å²) in [4.78, 5) is 10.2. The van der Waals surface area contributed by atoms with Gasteiger partial charge in [-0.2, -0.15) is 0 Å². The molecule has 0 saturated heterocycles. The van der Waals surface area contributed by atoms with Gasteiger partial charge in [-0.15, -0.1) is 0 Å². The lowest BCUT2D eigenvalue weighted by Crippen LogP contribution is -1.96. The topological polar surface area (TPSA) is 57.5 Å². The quantitative estimate of drug-likeness (QED) is 0.883. The molecule has 0 heterocycles. The second-order valence-corrected chi connectivity index (χ2v) is 4.88. The van der Waals surface area contributed by atoms with E-state index in [0.717, 1.165) is 5.56 Å². The fourth-order valence-corrected chi connectivity index (χ4v) is 1.95. The van der Waals surface area contributed by atoms with Crippen molar-refractivity contribution in [1.29, 1.82) is 0 Å². The van der Waals surface area contributed by atoms with Crippen LogP contribution in [0.5, 0.6) is 5.75 Å². The highest BCUT2D eigenvalue weighted by atomic mass is 35.5. The van der Waals surface area contributed by atoms with E-state index in [2.05, 4.69) is 0 Å². The molecule has 0 aliphatic carbocycles. The highest BCUT2D eigenvalue weighted by Gasteiger charge is 1.96. The van der Waals surface area contributed by atoms with Crippen LogP contribution < -0.4 is 0 Å². The average Bonchev–Trinajstić information content (AvgIpc) is 2.36. The van der Waals surface area contributed by atoms with Crippen LogP contribution >= 0.6 is 23.2 Å². The summed E-state index contributed by atoms with van der Waals surface area (Å²) in [7, 11) is 0. The summed E-state index contributed by atoms with van der Waals surface area (Å²) in [5.74, 6) is -0.652. The largest absolute Gasteiger partial charge is 0.508 e. The average molecular weight is 313 g/mol. The van der Waals surface area contributed by atoms with E-state index in [1.54, 1.807) is 6.07 Å². The van der Waals surface area contributed by atoms with E-state index in [4.69, 9.17) is 33.4 Å². The highest BCUT2D eigenvalue weighted by molar-refractivity contribution is 6.34. The fraction of sp³-hybridized carbons (Fsp3) is 0.133. The minimum absolute atomic E-state index is 0.0903. The van der Waals surface area contributed by atoms with E-state index in [1.807, 2.05) is 30.3 Å². The molecular formula is C15H14Cl2O3. The van der Waals surface area contributed by atoms with Crippen molar-refractivity contribution in [2.75, 3.05) is 0 Å². The third-order valence-electron chi connectivity index (χ3n) is 2.32. The lowest BCUT2D eigenvalue weighted by Gasteiger charge is -1.95. The Hall–Kier alpha value is -1.71. The summed E-state index contributed by atoms with van der Waals surface area (Å²) in [6.07, 6.45) is 0.834. The van der Waals surface area contributed by atoms with Gasteiger partial charge in [0.1, 0.15) is 5.75 Å². The van der Waals surface area contributed by atoms with Gasteiger partial charge in [-0.25, -0.2) is 0 Å². The zero-order valence-electron chi connectivity index (χ0n) is 10.6. The van der Waals surface area contributed by atoms with E-state index < -0.39 is 5.97 Å². The van der Waals surface area contributed by atoms with Gasteiger partial charge in [-0.05, 0) is 30.2 Å². The Morgan fingerprint density at radius 3 is 2.00 bits per heavy atom. The summed E-state index contributed by atoms with van der Waals surface area (Å²) in [5, 5.41) is 18.1. The van der Waals surface area contributed by atoms with Crippen LogP contribution in [0.1, 0.15) is 12.0 Å². The number of hydrogen-bond donors (Lipinski definition) is 2. The van der Waals surface area contributed by atoms with Crippen LogP contribution in [0.2, 0.25) is 10.0 Å². The third kappa shape index (κ3) is 7.02. The Balaban J connectivity index is 0.000000204. The lowest BCUT2D eigenvalue weighted by atomic mass is 10.1. The Morgan fingerprint density at radius 2 is 1.55 bits per heavy atom. The van der Waals surface area contributed by atoms with Gasteiger partial charge in [0.15, 0.2) is 0 Å². The Morgan fingerprint density at radius 1 is 1.00 bits per heavy atom. The molecular weight excluding hydrogens is 299 g/mol. The van der Waals surface area contributed by atoms with Gasteiger partial charge in [0, 0.05) is 16.5 Å². The molecule has 0 amide bonds. The molecule has 0 aliphatic rings. The Labute approximate surface area is 127 Å². The maximum absolute atomic E-state index is 10.2. The second-order valence-electron chi connectivity index (χ2n) is 4.01. The molecule has 0 spiro atoms. The van der Waals surface area contributed by atoms with Crippen LogP contribution in [0.15, 0.2) is 48.5 Å². The monoisotopic (exact) mass is 312 g/mol. The number of benzene rings is 2. The molecule has 0 bridgehead atoms. The Kier molecular flexibility index (Phi) is 6.91. The predicted octanol–water partition coefficient (Wildman–Crippen LogP) is 4.40. The maximum Gasteiger partial charge on any atom is 0.303 e. The second kappa shape index (κ2) is 8.46. The molecule has 3 nitrogen and oxygen atoms in total. The van der Waals surface area contributed by atoms with Crippen molar-refractivity contribution >= 4 is 29.2 Å². The standard InChI is InChI=1S/C9H10O2.C6H4Cl2O/c10-9(11)7-6-8-4-2-1-3-5-8;7-4-1-5(8)3-6(9)2-4/h1-5H,6-7H2,(H,10,11);1-3,9H. The van der Waals surface area contributed by atoms with Gasteiger partial charge in [-0.1, -0.05) is 53.5 Å². The van der Waals surface area contributed by atoms with Crippen molar-refractivity contribution in [1.82, 2.24) is 0 Å². The van der Waals surface area contributed by atoms with Crippen molar-refractivity contribution < 1.29 is 15.0 Å². The molecule has 106 valence electrons. The molecule has 2 aromatic rings. The van der Waals surface area contributed by atoms with E-state index in [1.165, 1.54) is 12.1 Å². The minimum atomic E-state index is -0.742. The summed E-state index contributed by atoms with van der Waals surface area (Å²) in [6, 6.07) is 14.0. The van der Waals surface area contributed by atoms with E-state index in [-0.39, 0.29) is 12.2 Å². The summed E-state index contributed by atoms with van der Waals surface area (Å²) >= 11 is 11.0. The molecule has 2 aromatic carbocycles. The number of carboxylic acid groups (broad SMARTS) is 1. The fourth-order valence-electron chi connectivity index (χ4n) is 1.44. The van der Waals surface area contributed by atoms with Crippen LogP contribution in [0.4, 0.5) is 0 Å². The van der Waals surface area contributed by atoms with E-state index in [0.29, 0.717) is 16.5 Å². The minimum Gasteiger partial charge on any atom is -0.508 e. The van der Waals surface area contributed by atoms with Gasteiger partial charge >= 0.3 is 5.97 Å². The van der Waals surface area contributed by atoms with Gasteiger partial charge in [-0.3, -0.25) is 4.79 Å². The first kappa shape index (κ1) is 16.3. The molecule has 0 radical (unpaired) electrons. The SMILES string of the molecule is O=C(O)CCc1ccccc1.Oc1cc(Cl)cc(Cl)c1. The number of hydrogen-bond acceptors (Lipinski definition) is 2. The van der Waals surface area contributed by atoms with Crippen LogP contribution in [0, 0.1) is 0 Å². The number of phenolic OH excluding ortho intramolecular Hbond substituents is 1. The van der Waals surface area contributed by atoms with Crippen molar-refractivity contribution in [3.63, 3.8) is 0 Å². The first-order chi connectivity index (χ1) is 9.47. The van der Waals surface area contributed by atoms with Crippen molar-refractivity contribution in [3.05, 3.63) is 64.1 Å². The first-order valence-electron chi connectivity index (χ1n) is 5.88. The molecule has 0 unspecified atom stereocenters. The number of phenols is 1. The number of aryl methyl sites for hydroxylation is 1. The maximum atomic E-state index is 10.2. The summed E-state index contributed by atoms with van der Waals surface area (Å²) in [5.41, 5.74) is 1.08. The smallest absolute Gasteiger partial charge is 0.303 e. The van der Waals surface area contributed by atoms with Crippen molar-refractivity contribution in [2.24, 2.45) is 0 Å². The molecule has 0 fully saturated rings. The molecule has 5 heteroatoms. The number of carbonyl (C=O) groups is 1. The van der Waals surface area contributed by atoms with E-state index in [9.17, 15) is 4.79 Å². The zero-order chi connectivity index (χ0) is 15.0. The molecule has 0 atom stereocenters. The Bertz CT molecular complexity index is 506. The van der Waals surface area contributed by atoms with Crippen molar-refractivity contribution in [3.8, 4) is 5.75 Å². The number of rotatable bonds is 3. The molecule has 20 heavy (non-hydrogen) atoms. The van der Waals surface area contributed by atoms with E-state index >= 15 is 0 Å². The normalized spacial score (nSPS) is 9.50. The summed E-state index contributed by atoms with van der Waals surface area (Å²) < 4.78 is 0. The van der Waals surface area contributed by atoms with Gasteiger partial charge in [0.05, 0.1) is 0 Å². The van der Waals surface area contributed by atoms with Gasteiger partial charge in [0.2, 0.25) is 0 Å². The van der Waals surface area contributed by atoms with Gasteiger partial charge in [0.25, 0.3) is 0 Å². The van der Waals surface area contributed by atoms with Crippen LogP contribution in [-0.4, -0.2) is 16.2 Å². The first-order valence-corrected chi connectivity index (χ1v) is 6.64. The highest BCUT2D eigenvalue weighted by Crippen LogP contribution is 2.22. The molecule has 0 aromatic heterocycles. The molecule has 0 saturated carbocycles. The summed E-state index contributed by atoms with van der Waals surface area (Å²) in [6.45, 7) is 0. The third-order valence-corrected chi connectivity index (χ3v) is 2.75. The predicted molar refractivity (Wildman–Crippen MR) is 80.5 cm³/mol. The lowest BCUT2D eigenvalue weighted by molar-refractivity contribution is -0.136. The van der Waals surface area contributed by atoms with Crippen LogP contribution in [0.3, 0.4) is 0 Å². The number of carboxylic acids is 1. The van der Waals surface area contributed by atoms with Crippen LogP contribution in [-0.2, 0) is 11.2 Å². The molecule has 2 N–H and O–H groups in total. The van der Waals surface area contributed by atoms with Crippen molar-refractivity contribution in [2.45, 2.75) is 12.8 Å². The van der Waals surface area contributed by atoms with Crippen LogP contribution in [0.25, 0.3) is 0 Å². The molecule has 2 rings (SSSR count). The number of aromatic hydroxyl groups is 1. The zero-order valence-corrected chi connectivity index (χ0v) is 12.1.